The van der Waals surface area contributed by atoms with Crippen LogP contribution in [0.4, 0.5) is 0 Å². The Labute approximate surface area is 189 Å². The van der Waals surface area contributed by atoms with Gasteiger partial charge in [0.1, 0.15) is 36.8 Å². The summed E-state index contributed by atoms with van der Waals surface area (Å²) in [7, 11) is 0. The second kappa shape index (κ2) is 11.1. The summed E-state index contributed by atoms with van der Waals surface area (Å²) in [5.41, 5.74) is 1.31. The number of carbonyl (C=O) groups excluding carboxylic acids is 1. The molecule has 0 aliphatic carbocycles. The van der Waals surface area contributed by atoms with Gasteiger partial charge in [-0.15, -0.1) is 0 Å². The van der Waals surface area contributed by atoms with Gasteiger partial charge in [0.15, 0.2) is 17.8 Å². The summed E-state index contributed by atoms with van der Waals surface area (Å²) in [5, 5.41) is 58.5. The van der Waals surface area contributed by atoms with E-state index in [1.807, 2.05) is 0 Å². The average Bonchev–Trinajstić information content (AvgIpc) is 2.80. The Balaban J connectivity index is 1.50. The van der Waals surface area contributed by atoms with Gasteiger partial charge in [0.05, 0.1) is 6.61 Å². The Kier molecular flexibility index (Phi) is 8.26. The zero-order valence-corrected chi connectivity index (χ0v) is 17.5. The van der Waals surface area contributed by atoms with Crippen LogP contribution in [0.25, 0.3) is 6.08 Å². The number of hydrogen-bond donors (Lipinski definition) is 6. The second-order valence-corrected chi connectivity index (χ2v) is 7.51. The molecule has 10 nitrogen and oxygen atoms in total. The molecule has 0 radical (unpaired) electrons. The van der Waals surface area contributed by atoms with Gasteiger partial charge in [-0.2, -0.15) is 0 Å². The highest BCUT2D eigenvalue weighted by molar-refractivity contribution is 5.87. The Hall–Kier alpha value is -3.15. The molecule has 1 fully saturated rings. The molecule has 6 N–H and O–H groups in total. The molecule has 5 atom stereocenters. The minimum absolute atomic E-state index is 0.129. The smallest absolute Gasteiger partial charge is 0.330 e. The fourth-order valence-electron chi connectivity index (χ4n) is 3.17. The largest absolute Gasteiger partial charge is 0.508 e. The third-order valence-electron chi connectivity index (χ3n) is 5.08. The SMILES string of the molecule is O=C(/C=C/c1ccc(O)c(O)c1)OC[C@H]1O[C@@H](OCCc2ccc(O)cc2)[C@H](O)[C@@H](O)[C@@H]1O. The van der Waals surface area contributed by atoms with Gasteiger partial charge in [-0.1, -0.05) is 18.2 Å². The quantitative estimate of drug-likeness (QED) is 0.184. The highest BCUT2D eigenvalue weighted by Crippen LogP contribution is 2.26. The third-order valence-corrected chi connectivity index (χ3v) is 5.08. The van der Waals surface area contributed by atoms with Gasteiger partial charge in [-0.3, -0.25) is 0 Å². The predicted molar refractivity (Wildman–Crippen MR) is 114 cm³/mol. The van der Waals surface area contributed by atoms with E-state index in [9.17, 15) is 35.4 Å². The van der Waals surface area contributed by atoms with E-state index >= 15 is 0 Å². The molecule has 3 rings (SSSR count). The highest BCUT2D eigenvalue weighted by atomic mass is 16.7. The highest BCUT2D eigenvalue weighted by Gasteiger charge is 2.44. The molecule has 1 saturated heterocycles. The number of aliphatic hydroxyl groups excluding tert-OH is 3. The molecule has 178 valence electrons. The van der Waals surface area contributed by atoms with Crippen molar-refractivity contribution >= 4 is 12.0 Å². The summed E-state index contributed by atoms with van der Waals surface area (Å²) in [6.45, 7) is -0.281. The fourth-order valence-corrected chi connectivity index (χ4v) is 3.17. The molecule has 0 bridgehead atoms. The fraction of sp³-hybridized carbons (Fsp3) is 0.348. The lowest BCUT2D eigenvalue weighted by molar-refractivity contribution is -0.301. The van der Waals surface area contributed by atoms with Crippen molar-refractivity contribution in [3.63, 3.8) is 0 Å². The lowest BCUT2D eigenvalue weighted by Crippen LogP contribution is -2.59. The van der Waals surface area contributed by atoms with Crippen molar-refractivity contribution in [2.75, 3.05) is 13.2 Å². The molecule has 0 saturated carbocycles. The lowest BCUT2D eigenvalue weighted by Gasteiger charge is -2.39. The first-order valence-corrected chi connectivity index (χ1v) is 10.2. The molecule has 2 aromatic rings. The normalized spacial score (nSPS) is 25.2. The summed E-state index contributed by atoms with van der Waals surface area (Å²) in [6.07, 6.45) is -4.10. The van der Waals surface area contributed by atoms with Crippen molar-refractivity contribution in [1.29, 1.82) is 0 Å². The number of ether oxygens (including phenoxy) is 3. The maximum absolute atomic E-state index is 12.0. The van der Waals surface area contributed by atoms with E-state index in [0.29, 0.717) is 12.0 Å². The van der Waals surface area contributed by atoms with Crippen molar-refractivity contribution in [3.8, 4) is 17.2 Å². The molecule has 1 heterocycles. The number of rotatable bonds is 8. The molecule has 2 aromatic carbocycles. The first kappa shape index (κ1) is 24.5. The van der Waals surface area contributed by atoms with Gasteiger partial charge in [0.2, 0.25) is 0 Å². The van der Waals surface area contributed by atoms with Crippen LogP contribution in [0.3, 0.4) is 0 Å². The Morgan fingerprint density at radius 3 is 2.36 bits per heavy atom. The first-order chi connectivity index (χ1) is 15.7. The van der Waals surface area contributed by atoms with Crippen LogP contribution in [-0.4, -0.2) is 80.5 Å². The standard InChI is InChI=1S/C23H26O10/c24-15-5-1-13(2-6-15)9-10-31-23-22(30)21(29)20(28)18(33-23)12-32-19(27)8-4-14-3-7-16(25)17(26)11-14/h1-8,11,18,20-26,28-30H,9-10,12H2/b8-4+/t18-,20-,21+,22-,23-/m1/s1. The van der Waals surface area contributed by atoms with Crippen molar-refractivity contribution < 1.29 is 49.6 Å². The van der Waals surface area contributed by atoms with Crippen LogP contribution >= 0.6 is 0 Å². The van der Waals surface area contributed by atoms with E-state index in [2.05, 4.69) is 0 Å². The van der Waals surface area contributed by atoms with Crippen molar-refractivity contribution in [2.45, 2.75) is 37.1 Å². The zero-order chi connectivity index (χ0) is 24.0. The Morgan fingerprint density at radius 1 is 0.939 bits per heavy atom. The number of carbonyl (C=O) groups is 1. The molecule has 0 spiro atoms. The molecule has 1 aliphatic rings. The molecule has 0 aromatic heterocycles. The molecule has 0 unspecified atom stereocenters. The van der Waals surface area contributed by atoms with Crippen LogP contribution < -0.4 is 0 Å². The Morgan fingerprint density at radius 2 is 1.67 bits per heavy atom. The van der Waals surface area contributed by atoms with Crippen LogP contribution in [0, 0.1) is 0 Å². The minimum Gasteiger partial charge on any atom is -0.508 e. The summed E-state index contributed by atoms with van der Waals surface area (Å²) >= 11 is 0. The van der Waals surface area contributed by atoms with E-state index in [1.165, 1.54) is 36.4 Å². The summed E-state index contributed by atoms with van der Waals surface area (Å²) in [4.78, 5) is 12.0. The van der Waals surface area contributed by atoms with Crippen molar-refractivity contribution in [1.82, 2.24) is 0 Å². The van der Waals surface area contributed by atoms with Crippen LogP contribution in [0.2, 0.25) is 0 Å². The maximum atomic E-state index is 12.0. The number of phenolic OH excluding ortho intramolecular Hbond substituents is 3. The van der Waals surface area contributed by atoms with Gasteiger partial charge in [-0.05, 0) is 47.9 Å². The number of esters is 1. The number of benzene rings is 2. The monoisotopic (exact) mass is 462 g/mol. The second-order valence-electron chi connectivity index (χ2n) is 7.51. The van der Waals surface area contributed by atoms with E-state index in [0.717, 1.165) is 11.6 Å². The van der Waals surface area contributed by atoms with Crippen LogP contribution in [0.15, 0.2) is 48.5 Å². The van der Waals surface area contributed by atoms with Gasteiger partial charge in [0.25, 0.3) is 0 Å². The van der Waals surface area contributed by atoms with Crippen molar-refractivity contribution in [2.24, 2.45) is 0 Å². The zero-order valence-electron chi connectivity index (χ0n) is 17.5. The molecule has 1 aliphatic heterocycles. The maximum Gasteiger partial charge on any atom is 0.330 e. The topological polar surface area (TPSA) is 166 Å². The first-order valence-electron chi connectivity index (χ1n) is 10.2. The van der Waals surface area contributed by atoms with Crippen LogP contribution in [0.1, 0.15) is 11.1 Å². The van der Waals surface area contributed by atoms with Gasteiger partial charge >= 0.3 is 5.97 Å². The number of hydrogen-bond acceptors (Lipinski definition) is 10. The number of aliphatic hydroxyl groups is 3. The summed E-state index contributed by atoms with van der Waals surface area (Å²) in [6, 6.07) is 10.5. The van der Waals surface area contributed by atoms with Crippen molar-refractivity contribution in [3.05, 3.63) is 59.7 Å². The van der Waals surface area contributed by atoms with Gasteiger partial charge in [-0.25, -0.2) is 4.79 Å². The van der Waals surface area contributed by atoms with Gasteiger partial charge < -0.3 is 44.8 Å². The Bertz CT molecular complexity index is 958. The van der Waals surface area contributed by atoms with Crippen LogP contribution in [-0.2, 0) is 25.4 Å². The molecule has 33 heavy (non-hydrogen) atoms. The number of aromatic hydroxyl groups is 3. The van der Waals surface area contributed by atoms with Crippen LogP contribution in [0.5, 0.6) is 17.2 Å². The van der Waals surface area contributed by atoms with E-state index < -0.39 is 43.3 Å². The van der Waals surface area contributed by atoms with E-state index in [1.54, 1.807) is 12.1 Å². The molecular formula is C23H26O10. The third kappa shape index (κ3) is 6.67. The average molecular weight is 462 g/mol. The molecule has 10 heteroatoms. The summed E-state index contributed by atoms with van der Waals surface area (Å²) in [5.74, 6) is -1.27. The van der Waals surface area contributed by atoms with Gasteiger partial charge in [0, 0.05) is 6.08 Å². The van der Waals surface area contributed by atoms with E-state index in [-0.39, 0.29) is 23.9 Å². The van der Waals surface area contributed by atoms with E-state index in [4.69, 9.17) is 14.2 Å². The summed E-state index contributed by atoms with van der Waals surface area (Å²) < 4.78 is 16.1. The predicted octanol–water partition coefficient (Wildman–Crippen LogP) is 0.427. The minimum atomic E-state index is -1.57. The number of phenols is 3. The molecule has 0 amide bonds. The lowest BCUT2D eigenvalue weighted by atomic mass is 9.99. The molecular weight excluding hydrogens is 436 g/mol.